The largest absolute Gasteiger partial charge is 0.300 e. The number of aryl methyl sites for hydroxylation is 1. The maximum atomic E-state index is 5.20. The summed E-state index contributed by atoms with van der Waals surface area (Å²) in [5, 5.41) is 3.10. The lowest BCUT2D eigenvalue weighted by molar-refractivity contribution is 0.859. The molecule has 0 aliphatic carbocycles. The molecule has 0 radical (unpaired) electrons. The Labute approximate surface area is 88.2 Å². The molecule has 2 aromatic rings. The maximum Gasteiger partial charge on any atom is 0.127 e. The number of benzene rings is 1. The van der Waals surface area contributed by atoms with E-state index in [9.17, 15) is 0 Å². The van der Waals surface area contributed by atoms with Gasteiger partial charge in [-0.2, -0.15) is 0 Å². The van der Waals surface area contributed by atoms with Crippen LogP contribution < -0.4 is 0 Å². The minimum Gasteiger partial charge on any atom is -0.300 e. The molecular weight excluding hydrogens is 192 g/mol. The molecule has 14 heavy (non-hydrogen) atoms. The summed E-state index contributed by atoms with van der Waals surface area (Å²) in [6.07, 6.45) is 1.85. The average molecular weight is 204 g/mol. The number of nitrogens with zero attached hydrogens (tertiary/aromatic N) is 1. The van der Waals surface area contributed by atoms with E-state index in [-0.39, 0.29) is 0 Å². The number of hydrogen-bond acceptors (Lipinski definition) is 1. The zero-order chi connectivity index (χ0) is 10.1. The minimum absolute atomic E-state index is 0.804. The Morgan fingerprint density at radius 3 is 2.64 bits per heavy atom. The Morgan fingerprint density at radius 2 is 2.00 bits per heavy atom. The Morgan fingerprint density at radius 1 is 1.21 bits per heavy atom. The highest BCUT2D eigenvalue weighted by Crippen LogP contribution is 2.16. The van der Waals surface area contributed by atoms with Crippen molar-refractivity contribution in [2.45, 2.75) is 13.8 Å². The molecule has 3 heteroatoms. The van der Waals surface area contributed by atoms with E-state index in [2.05, 4.69) is 31.1 Å². The standard InChI is InChI=1S/C11H12N2S/c1-8-4-3-5-10(9(8)2)13-11(14)6-7-12-13/h3-7,12H,1-2H3. The third-order valence-corrected chi connectivity index (χ3v) is 2.79. The molecule has 0 saturated carbocycles. The van der Waals surface area contributed by atoms with Gasteiger partial charge in [0, 0.05) is 6.20 Å². The van der Waals surface area contributed by atoms with E-state index in [1.54, 1.807) is 0 Å². The second-order valence-corrected chi connectivity index (χ2v) is 3.77. The van der Waals surface area contributed by atoms with Crippen LogP contribution in [0.2, 0.25) is 0 Å². The van der Waals surface area contributed by atoms with Crippen LogP contribution in [-0.4, -0.2) is 9.78 Å². The summed E-state index contributed by atoms with van der Waals surface area (Å²) in [7, 11) is 0. The summed E-state index contributed by atoms with van der Waals surface area (Å²) < 4.78 is 2.72. The van der Waals surface area contributed by atoms with Crippen LogP contribution in [0, 0.1) is 18.5 Å². The van der Waals surface area contributed by atoms with Crippen LogP contribution in [0.3, 0.4) is 0 Å². The number of hydrogen-bond donors (Lipinski definition) is 1. The second kappa shape index (κ2) is 3.42. The molecule has 0 unspecified atom stereocenters. The molecule has 1 heterocycles. The molecule has 1 aromatic carbocycles. The quantitative estimate of drug-likeness (QED) is 0.708. The van der Waals surface area contributed by atoms with E-state index < -0.39 is 0 Å². The molecule has 1 aromatic heterocycles. The summed E-state index contributed by atoms with van der Waals surface area (Å²) in [6.45, 7) is 4.21. The van der Waals surface area contributed by atoms with Gasteiger partial charge in [0.2, 0.25) is 0 Å². The van der Waals surface area contributed by atoms with Gasteiger partial charge in [-0.1, -0.05) is 24.4 Å². The van der Waals surface area contributed by atoms with E-state index >= 15 is 0 Å². The van der Waals surface area contributed by atoms with Gasteiger partial charge in [0.05, 0.1) is 5.69 Å². The fraction of sp³-hybridized carbons (Fsp3) is 0.182. The third kappa shape index (κ3) is 1.40. The first-order chi connectivity index (χ1) is 6.70. The average Bonchev–Trinajstić information content (AvgIpc) is 2.57. The molecule has 72 valence electrons. The van der Waals surface area contributed by atoms with Gasteiger partial charge in [-0.3, -0.25) is 0 Å². The van der Waals surface area contributed by atoms with Crippen LogP contribution in [0.15, 0.2) is 30.5 Å². The number of nitrogens with one attached hydrogen (secondary N) is 1. The predicted octanol–water partition coefficient (Wildman–Crippen LogP) is 3.15. The number of aromatic amines is 1. The fourth-order valence-electron chi connectivity index (χ4n) is 1.49. The topological polar surface area (TPSA) is 20.7 Å². The normalized spacial score (nSPS) is 10.4. The highest BCUT2D eigenvalue weighted by Gasteiger charge is 2.02. The van der Waals surface area contributed by atoms with Gasteiger partial charge in [-0.25, -0.2) is 4.68 Å². The van der Waals surface area contributed by atoms with Gasteiger partial charge in [0.15, 0.2) is 0 Å². The summed E-state index contributed by atoms with van der Waals surface area (Å²) in [6, 6.07) is 8.09. The van der Waals surface area contributed by atoms with Crippen molar-refractivity contribution in [1.82, 2.24) is 9.78 Å². The Hall–Kier alpha value is -1.35. The molecule has 1 N–H and O–H groups in total. The summed E-state index contributed by atoms with van der Waals surface area (Å²) in [5.74, 6) is 0. The van der Waals surface area contributed by atoms with E-state index in [1.165, 1.54) is 11.1 Å². The molecule has 0 amide bonds. The Balaban J connectivity index is 2.69. The first kappa shape index (κ1) is 9.21. The zero-order valence-corrected chi connectivity index (χ0v) is 9.06. The van der Waals surface area contributed by atoms with E-state index in [4.69, 9.17) is 12.2 Å². The van der Waals surface area contributed by atoms with Gasteiger partial charge in [0.1, 0.15) is 4.64 Å². The van der Waals surface area contributed by atoms with Crippen LogP contribution in [0.4, 0.5) is 0 Å². The summed E-state index contributed by atoms with van der Waals surface area (Å²) >= 11 is 5.20. The molecule has 0 atom stereocenters. The van der Waals surface area contributed by atoms with Crippen molar-refractivity contribution in [3.63, 3.8) is 0 Å². The molecule has 0 aliphatic heterocycles. The van der Waals surface area contributed by atoms with Gasteiger partial charge >= 0.3 is 0 Å². The fourth-order valence-corrected chi connectivity index (χ4v) is 1.71. The summed E-state index contributed by atoms with van der Waals surface area (Å²) in [5.41, 5.74) is 3.66. The third-order valence-electron chi connectivity index (χ3n) is 2.47. The van der Waals surface area contributed by atoms with Crippen molar-refractivity contribution in [1.29, 1.82) is 0 Å². The lowest BCUT2D eigenvalue weighted by atomic mass is 10.1. The smallest absolute Gasteiger partial charge is 0.127 e. The van der Waals surface area contributed by atoms with Crippen LogP contribution in [-0.2, 0) is 0 Å². The minimum atomic E-state index is 0.804. The van der Waals surface area contributed by atoms with Crippen LogP contribution in [0.5, 0.6) is 0 Å². The molecule has 2 nitrogen and oxygen atoms in total. The lowest BCUT2D eigenvalue weighted by Gasteiger charge is -2.08. The monoisotopic (exact) mass is 204 g/mol. The van der Waals surface area contributed by atoms with Gasteiger partial charge in [-0.05, 0) is 37.1 Å². The van der Waals surface area contributed by atoms with Crippen molar-refractivity contribution in [3.05, 3.63) is 46.2 Å². The second-order valence-electron chi connectivity index (χ2n) is 3.36. The Bertz CT molecular complexity index is 508. The van der Waals surface area contributed by atoms with E-state index in [1.807, 2.05) is 23.0 Å². The first-order valence-corrected chi connectivity index (χ1v) is 4.94. The van der Waals surface area contributed by atoms with Crippen molar-refractivity contribution < 1.29 is 0 Å². The number of rotatable bonds is 1. The first-order valence-electron chi connectivity index (χ1n) is 4.53. The van der Waals surface area contributed by atoms with Crippen LogP contribution >= 0.6 is 12.2 Å². The van der Waals surface area contributed by atoms with Crippen molar-refractivity contribution >= 4 is 12.2 Å². The van der Waals surface area contributed by atoms with Crippen molar-refractivity contribution in [2.75, 3.05) is 0 Å². The SMILES string of the molecule is Cc1cccc(-n2[nH]ccc2=S)c1C. The number of aromatic nitrogens is 2. The molecule has 0 fully saturated rings. The molecule has 0 aliphatic rings. The predicted molar refractivity (Wildman–Crippen MR) is 60.4 cm³/mol. The zero-order valence-electron chi connectivity index (χ0n) is 8.24. The highest BCUT2D eigenvalue weighted by molar-refractivity contribution is 7.71. The molecule has 2 rings (SSSR count). The van der Waals surface area contributed by atoms with Gasteiger partial charge < -0.3 is 5.10 Å². The van der Waals surface area contributed by atoms with Crippen LogP contribution in [0.25, 0.3) is 5.69 Å². The molecule has 0 saturated heterocycles. The Kier molecular flexibility index (Phi) is 2.25. The molecule has 0 bridgehead atoms. The highest BCUT2D eigenvalue weighted by atomic mass is 32.1. The lowest BCUT2D eigenvalue weighted by Crippen LogP contribution is -1.99. The summed E-state index contributed by atoms with van der Waals surface area (Å²) in [4.78, 5) is 0. The van der Waals surface area contributed by atoms with Crippen molar-refractivity contribution in [2.24, 2.45) is 0 Å². The van der Waals surface area contributed by atoms with E-state index in [0.29, 0.717) is 0 Å². The van der Waals surface area contributed by atoms with Gasteiger partial charge in [-0.15, -0.1) is 0 Å². The van der Waals surface area contributed by atoms with Gasteiger partial charge in [0.25, 0.3) is 0 Å². The number of H-pyrrole nitrogens is 1. The van der Waals surface area contributed by atoms with Crippen LogP contribution in [0.1, 0.15) is 11.1 Å². The molecule has 0 spiro atoms. The van der Waals surface area contributed by atoms with E-state index in [0.717, 1.165) is 10.3 Å². The van der Waals surface area contributed by atoms with Crippen molar-refractivity contribution in [3.8, 4) is 5.69 Å². The maximum absolute atomic E-state index is 5.20. The molecular formula is C11H12N2S.